The molecule has 0 aliphatic rings. The van der Waals surface area contributed by atoms with Gasteiger partial charge in [-0.3, -0.25) is 0 Å². The van der Waals surface area contributed by atoms with Gasteiger partial charge in [0.2, 0.25) is 0 Å². The van der Waals surface area contributed by atoms with Crippen molar-refractivity contribution in [2.45, 2.75) is 55.4 Å². The van der Waals surface area contributed by atoms with Gasteiger partial charge in [-0.05, 0) is 107 Å². The Morgan fingerprint density at radius 1 is 0.586 bits per heavy atom. The Hall–Kier alpha value is -2.17. The van der Waals surface area contributed by atoms with Crippen LogP contribution in [0, 0.1) is 34.6 Å². The molecule has 1 heteroatoms. The number of benzene rings is 3. The Morgan fingerprint density at radius 3 is 1.28 bits per heavy atom. The van der Waals surface area contributed by atoms with Crippen molar-refractivity contribution in [3.8, 4) is 0 Å². The fraction of sp³-hybridized carbons (Fsp3) is 0.286. The maximum atomic E-state index is 2.32. The Balaban J connectivity index is 0.000000537. The first-order valence-electron chi connectivity index (χ1n) is 10.4. The molecule has 0 amide bonds. The zero-order valence-electron chi connectivity index (χ0n) is 19.3. The lowest BCUT2D eigenvalue weighted by atomic mass is 10.1. The largest absolute Gasteiger partial charge is 0.0890 e. The topological polar surface area (TPSA) is 0 Å². The summed E-state index contributed by atoms with van der Waals surface area (Å²) in [6, 6.07) is 22.2. The summed E-state index contributed by atoms with van der Waals surface area (Å²) < 4.78 is 0. The maximum Gasteiger partial charge on any atom is -0.00924 e. The smallest absolute Gasteiger partial charge is 0.00924 e. The van der Waals surface area contributed by atoms with Crippen molar-refractivity contribution in [1.29, 1.82) is 0 Å². The van der Waals surface area contributed by atoms with Crippen molar-refractivity contribution < 1.29 is 0 Å². The summed E-state index contributed by atoms with van der Waals surface area (Å²) in [6.07, 6.45) is 2.08. The summed E-state index contributed by atoms with van der Waals surface area (Å²) in [5.74, 6) is 0. The van der Waals surface area contributed by atoms with Crippen LogP contribution in [0.4, 0.5) is 0 Å². The van der Waals surface area contributed by atoms with Gasteiger partial charge in [0.25, 0.3) is 0 Å². The molecule has 0 heterocycles. The molecule has 29 heavy (non-hydrogen) atoms. The van der Waals surface area contributed by atoms with Crippen molar-refractivity contribution in [2.75, 3.05) is 0 Å². The van der Waals surface area contributed by atoms with Gasteiger partial charge in [-0.1, -0.05) is 72.3 Å². The molecule has 152 valence electrons. The lowest BCUT2D eigenvalue weighted by Crippen LogP contribution is -2.28. The molecule has 0 aromatic heterocycles. The van der Waals surface area contributed by atoms with Gasteiger partial charge in [0, 0.05) is 0 Å². The number of rotatable bonds is 3. The molecule has 0 atom stereocenters. The lowest BCUT2D eigenvalue weighted by Gasteiger charge is -2.27. The monoisotopic (exact) mass is 402 g/mol. The summed E-state index contributed by atoms with van der Waals surface area (Å²) in [4.78, 5) is 0. The minimum absolute atomic E-state index is 0.550. The quantitative estimate of drug-likeness (QED) is 0.328. The van der Waals surface area contributed by atoms with Crippen LogP contribution < -0.4 is 15.9 Å². The van der Waals surface area contributed by atoms with Crippen LogP contribution in [0.2, 0.25) is 0 Å². The fourth-order valence-electron chi connectivity index (χ4n) is 3.48. The molecule has 3 aromatic rings. The molecular weight excluding hydrogens is 367 g/mol. The first-order chi connectivity index (χ1) is 13.8. The third-order valence-corrected chi connectivity index (χ3v) is 8.55. The van der Waals surface area contributed by atoms with E-state index in [0.717, 1.165) is 0 Å². The number of aryl methyl sites for hydroxylation is 5. The second kappa shape index (κ2) is 10.6. The van der Waals surface area contributed by atoms with E-state index >= 15 is 0 Å². The summed E-state index contributed by atoms with van der Waals surface area (Å²) in [5.41, 5.74) is 8.34. The van der Waals surface area contributed by atoms with Crippen molar-refractivity contribution in [3.63, 3.8) is 0 Å². The van der Waals surface area contributed by atoms with Gasteiger partial charge in [0.05, 0.1) is 0 Å². The van der Waals surface area contributed by atoms with Gasteiger partial charge in [0.15, 0.2) is 0 Å². The van der Waals surface area contributed by atoms with E-state index in [2.05, 4.69) is 115 Å². The van der Waals surface area contributed by atoms with Crippen LogP contribution >= 0.6 is 7.92 Å². The highest BCUT2D eigenvalue weighted by molar-refractivity contribution is 7.80. The van der Waals surface area contributed by atoms with Crippen molar-refractivity contribution in [2.24, 2.45) is 0 Å². The summed E-state index contributed by atoms with van der Waals surface area (Å²) in [7, 11) is -0.550. The zero-order valence-corrected chi connectivity index (χ0v) is 20.2. The first kappa shape index (κ1) is 23.1. The predicted octanol–water partition coefficient (Wildman–Crippen LogP) is 6.96. The number of hydrogen-bond acceptors (Lipinski definition) is 0. The van der Waals surface area contributed by atoms with Crippen LogP contribution in [0.15, 0.2) is 72.3 Å². The third kappa shape index (κ3) is 5.68. The van der Waals surface area contributed by atoms with Gasteiger partial charge in [0.1, 0.15) is 0 Å². The molecule has 0 saturated heterocycles. The first-order valence-corrected chi connectivity index (χ1v) is 11.7. The van der Waals surface area contributed by atoms with Crippen LogP contribution in [-0.4, -0.2) is 0 Å². The van der Waals surface area contributed by atoms with Gasteiger partial charge in [-0.15, -0.1) is 0 Å². The SMILES string of the molecule is CC=C(C)C.Cc1ccccc1P(c1c(C)cccc1C)c1c(C)cccc1C. The van der Waals surface area contributed by atoms with Crippen LogP contribution in [0.25, 0.3) is 0 Å². The highest BCUT2D eigenvalue weighted by atomic mass is 31.1. The standard InChI is InChI=1S/C23H25P.C5H10/c1-16-10-6-7-15-21(16)24(22-17(2)11-8-12-18(22)3)23-19(4)13-9-14-20(23)5;1-4-5(2)3/h6-15H,1-5H3;4H,1-3H3. The van der Waals surface area contributed by atoms with E-state index in [4.69, 9.17) is 0 Å². The molecule has 0 radical (unpaired) electrons. The molecule has 0 spiro atoms. The lowest BCUT2D eigenvalue weighted by molar-refractivity contribution is 1.36. The molecule has 0 aliphatic carbocycles. The molecule has 0 fully saturated rings. The van der Waals surface area contributed by atoms with E-state index in [1.54, 1.807) is 0 Å². The average molecular weight is 403 g/mol. The molecule has 0 aliphatic heterocycles. The zero-order chi connectivity index (χ0) is 21.6. The highest BCUT2D eigenvalue weighted by Crippen LogP contribution is 2.38. The van der Waals surface area contributed by atoms with Crippen LogP contribution in [0.3, 0.4) is 0 Å². The second-order valence-corrected chi connectivity index (χ2v) is 10.0. The number of allylic oxidation sites excluding steroid dienone is 2. The Kier molecular flexibility index (Phi) is 8.42. The van der Waals surface area contributed by atoms with Gasteiger partial charge in [-0.2, -0.15) is 0 Å². The van der Waals surface area contributed by atoms with Crippen molar-refractivity contribution >= 4 is 23.8 Å². The fourth-order valence-corrected chi connectivity index (χ4v) is 6.56. The minimum Gasteiger partial charge on any atom is -0.0890 e. The van der Waals surface area contributed by atoms with Crippen molar-refractivity contribution in [3.05, 3.63) is 100 Å². The van der Waals surface area contributed by atoms with Gasteiger partial charge in [-0.25, -0.2) is 0 Å². The molecule has 0 nitrogen and oxygen atoms in total. The second-order valence-electron chi connectivity index (χ2n) is 7.97. The summed E-state index contributed by atoms with van der Waals surface area (Å²) >= 11 is 0. The third-order valence-electron chi connectivity index (χ3n) is 5.26. The maximum absolute atomic E-state index is 2.32. The molecule has 3 rings (SSSR count). The Bertz CT molecular complexity index is 899. The van der Waals surface area contributed by atoms with E-state index in [0.29, 0.717) is 0 Å². The summed E-state index contributed by atoms with van der Waals surface area (Å²) in [5, 5.41) is 4.50. The Labute approximate surface area is 179 Å². The molecule has 0 saturated carbocycles. The van der Waals surface area contributed by atoms with E-state index in [1.165, 1.54) is 49.3 Å². The highest BCUT2D eigenvalue weighted by Gasteiger charge is 2.24. The minimum atomic E-state index is -0.550. The molecular formula is C28H35P. The van der Waals surface area contributed by atoms with E-state index in [-0.39, 0.29) is 0 Å². The molecule has 0 bridgehead atoms. The van der Waals surface area contributed by atoms with E-state index < -0.39 is 7.92 Å². The molecule has 3 aromatic carbocycles. The summed E-state index contributed by atoms with van der Waals surface area (Å²) in [6.45, 7) is 17.5. The molecule has 0 unspecified atom stereocenters. The molecule has 0 N–H and O–H groups in total. The Morgan fingerprint density at radius 2 is 0.931 bits per heavy atom. The van der Waals surface area contributed by atoms with Crippen LogP contribution in [-0.2, 0) is 0 Å². The number of hydrogen-bond donors (Lipinski definition) is 0. The van der Waals surface area contributed by atoms with Crippen LogP contribution in [0.1, 0.15) is 48.6 Å². The van der Waals surface area contributed by atoms with E-state index in [9.17, 15) is 0 Å². The van der Waals surface area contributed by atoms with E-state index in [1.807, 2.05) is 6.92 Å². The van der Waals surface area contributed by atoms with Crippen molar-refractivity contribution in [1.82, 2.24) is 0 Å². The van der Waals surface area contributed by atoms with Crippen LogP contribution in [0.5, 0.6) is 0 Å². The predicted molar refractivity (Wildman–Crippen MR) is 134 cm³/mol. The normalized spacial score (nSPS) is 10.4. The average Bonchev–Trinajstić information content (AvgIpc) is 2.67. The van der Waals surface area contributed by atoms with Gasteiger partial charge < -0.3 is 0 Å². The van der Waals surface area contributed by atoms with Gasteiger partial charge >= 0.3 is 0 Å².